The molecule has 0 N–H and O–H groups in total. The van der Waals surface area contributed by atoms with Gasteiger partial charge in [-0.3, -0.25) is 14.7 Å². The molecule has 3 aliphatic rings. The Bertz CT molecular complexity index is 1650. The van der Waals surface area contributed by atoms with Gasteiger partial charge in [0.15, 0.2) is 0 Å². The fourth-order valence-electron chi connectivity index (χ4n) is 6.51. The minimum atomic E-state index is -0.262. The van der Waals surface area contributed by atoms with Crippen molar-refractivity contribution in [2.45, 2.75) is 51.2 Å². The molecule has 0 bridgehead atoms. The van der Waals surface area contributed by atoms with Gasteiger partial charge in [-0.1, -0.05) is 24.8 Å². The Morgan fingerprint density at radius 2 is 2.07 bits per heavy atom. The van der Waals surface area contributed by atoms with Crippen molar-refractivity contribution in [2.75, 3.05) is 49.6 Å². The minimum absolute atomic E-state index is 0.157. The number of nitrogens with zero attached hydrogens (tertiary/aromatic N) is 8. The molecule has 6 rings (SSSR count). The molecule has 1 amide bonds. The molecule has 10 nitrogen and oxygen atoms in total. The SMILES string of the molecule is C=CC(=O)N1CCN(c2nc(OC#C[C@@H]3CCCN3C)nc3c2CCN(c2cncc4cccc(C)c24)C3)C[C@@H]1CC#N. The fourth-order valence-corrected chi connectivity index (χ4v) is 6.51. The predicted octanol–water partition coefficient (Wildman–Crippen LogP) is 3.45. The van der Waals surface area contributed by atoms with E-state index in [4.69, 9.17) is 14.7 Å². The number of amides is 1. The highest BCUT2D eigenvalue weighted by Crippen LogP contribution is 2.35. The summed E-state index contributed by atoms with van der Waals surface area (Å²) in [6, 6.07) is 8.65. The van der Waals surface area contributed by atoms with Crippen LogP contribution in [-0.4, -0.2) is 82.5 Å². The Kier molecular flexibility index (Phi) is 8.13. The molecular formula is C33H36N8O2. The summed E-state index contributed by atoms with van der Waals surface area (Å²) in [5.74, 6) is 3.86. The molecule has 3 aliphatic heterocycles. The van der Waals surface area contributed by atoms with Gasteiger partial charge < -0.3 is 19.4 Å². The number of aromatic nitrogens is 3. The molecule has 0 aliphatic carbocycles. The largest absolute Gasteiger partial charge is 0.370 e. The van der Waals surface area contributed by atoms with Gasteiger partial charge in [0, 0.05) is 48.7 Å². The minimum Gasteiger partial charge on any atom is -0.370 e. The lowest BCUT2D eigenvalue weighted by Crippen LogP contribution is -2.55. The van der Waals surface area contributed by atoms with Crippen molar-refractivity contribution in [1.29, 1.82) is 5.26 Å². The van der Waals surface area contributed by atoms with E-state index in [0.717, 1.165) is 60.5 Å². The van der Waals surface area contributed by atoms with Crippen LogP contribution in [0.25, 0.3) is 10.8 Å². The maximum atomic E-state index is 12.5. The third-order valence-electron chi connectivity index (χ3n) is 8.79. The number of benzene rings is 1. The number of carbonyl (C=O) groups is 1. The maximum absolute atomic E-state index is 12.5. The van der Waals surface area contributed by atoms with E-state index in [1.54, 1.807) is 4.90 Å². The monoisotopic (exact) mass is 576 g/mol. The van der Waals surface area contributed by atoms with Crippen LogP contribution < -0.4 is 14.5 Å². The number of rotatable bonds is 5. The van der Waals surface area contributed by atoms with E-state index >= 15 is 0 Å². The lowest BCUT2D eigenvalue weighted by Gasteiger charge is -2.42. The van der Waals surface area contributed by atoms with Crippen molar-refractivity contribution in [3.8, 4) is 24.1 Å². The summed E-state index contributed by atoms with van der Waals surface area (Å²) in [7, 11) is 2.08. The van der Waals surface area contributed by atoms with Crippen LogP contribution in [0.15, 0.2) is 43.2 Å². The van der Waals surface area contributed by atoms with Crippen LogP contribution in [0.1, 0.15) is 36.1 Å². The average molecular weight is 577 g/mol. The quantitative estimate of drug-likeness (QED) is 0.334. The summed E-state index contributed by atoms with van der Waals surface area (Å²) in [5, 5.41) is 11.8. The Morgan fingerprint density at radius 1 is 1.19 bits per heavy atom. The van der Waals surface area contributed by atoms with Gasteiger partial charge in [0.05, 0.1) is 48.7 Å². The molecule has 2 atom stereocenters. The van der Waals surface area contributed by atoms with Crippen molar-refractivity contribution in [3.63, 3.8) is 0 Å². The summed E-state index contributed by atoms with van der Waals surface area (Å²) < 4.78 is 5.90. The van der Waals surface area contributed by atoms with E-state index in [2.05, 4.69) is 76.5 Å². The molecule has 2 fully saturated rings. The second-order valence-electron chi connectivity index (χ2n) is 11.4. The highest BCUT2D eigenvalue weighted by Gasteiger charge is 2.33. The number of carbonyl (C=O) groups excluding carboxylic acids is 1. The molecule has 0 spiro atoms. The number of ether oxygens (including phenoxy) is 1. The molecule has 1 aromatic carbocycles. The molecule has 2 aromatic heterocycles. The topological polar surface area (TPSA) is 102 Å². The maximum Gasteiger partial charge on any atom is 0.333 e. The summed E-state index contributed by atoms with van der Waals surface area (Å²) in [6.07, 6.45) is 11.1. The molecule has 10 heteroatoms. The molecule has 3 aromatic rings. The van der Waals surface area contributed by atoms with E-state index in [9.17, 15) is 10.1 Å². The zero-order valence-electron chi connectivity index (χ0n) is 24.8. The number of hydrogen-bond acceptors (Lipinski definition) is 9. The zero-order valence-corrected chi connectivity index (χ0v) is 24.8. The predicted molar refractivity (Wildman–Crippen MR) is 165 cm³/mol. The molecule has 220 valence electrons. The lowest BCUT2D eigenvalue weighted by atomic mass is 10.0. The van der Waals surface area contributed by atoms with Gasteiger partial charge in [-0.05, 0) is 57.3 Å². The van der Waals surface area contributed by atoms with Crippen molar-refractivity contribution >= 4 is 28.2 Å². The molecule has 0 saturated carbocycles. The molecular weight excluding hydrogens is 540 g/mol. The fraction of sp³-hybridized carbons (Fsp3) is 0.424. The first-order valence-electron chi connectivity index (χ1n) is 14.9. The van der Waals surface area contributed by atoms with Gasteiger partial charge in [0.2, 0.25) is 5.91 Å². The smallest absolute Gasteiger partial charge is 0.333 e. The average Bonchev–Trinajstić information content (AvgIpc) is 3.44. The number of fused-ring (bicyclic) bond motifs is 2. The van der Waals surface area contributed by atoms with Crippen LogP contribution in [0.3, 0.4) is 0 Å². The highest BCUT2D eigenvalue weighted by atomic mass is 16.5. The normalized spacial score (nSPS) is 20.3. The zero-order chi connectivity index (χ0) is 29.9. The summed E-state index contributed by atoms with van der Waals surface area (Å²) >= 11 is 0. The van der Waals surface area contributed by atoms with Crippen molar-refractivity contribution < 1.29 is 9.53 Å². The van der Waals surface area contributed by atoms with E-state index in [1.807, 2.05) is 12.4 Å². The van der Waals surface area contributed by atoms with Gasteiger partial charge in [0.1, 0.15) is 11.9 Å². The van der Waals surface area contributed by atoms with E-state index < -0.39 is 0 Å². The van der Waals surface area contributed by atoms with Gasteiger partial charge in [-0.2, -0.15) is 15.2 Å². The molecule has 2 saturated heterocycles. The Hall–Kier alpha value is -4.67. The molecule has 5 heterocycles. The Labute approximate surface area is 252 Å². The molecule has 43 heavy (non-hydrogen) atoms. The Morgan fingerprint density at radius 3 is 2.86 bits per heavy atom. The van der Waals surface area contributed by atoms with Crippen LogP contribution in [0.5, 0.6) is 6.01 Å². The number of piperazine rings is 1. The van der Waals surface area contributed by atoms with Crippen LogP contribution in [-0.2, 0) is 17.8 Å². The number of nitriles is 1. The Balaban J connectivity index is 1.35. The van der Waals surface area contributed by atoms with Crippen LogP contribution in [0, 0.1) is 30.3 Å². The van der Waals surface area contributed by atoms with Gasteiger partial charge in [0.25, 0.3) is 0 Å². The number of pyridine rings is 1. The summed E-state index contributed by atoms with van der Waals surface area (Å²) in [5.41, 5.74) is 4.24. The summed E-state index contributed by atoms with van der Waals surface area (Å²) in [4.78, 5) is 35.3. The second-order valence-corrected chi connectivity index (χ2v) is 11.4. The highest BCUT2D eigenvalue weighted by molar-refractivity contribution is 5.96. The third-order valence-corrected chi connectivity index (χ3v) is 8.79. The first-order chi connectivity index (χ1) is 21.0. The number of hydrogen-bond donors (Lipinski definition) is 0. The molecule has 0 radical (unpaired) electrons. The first-order valence-corrected chi connectivity index (χ1v) is 14.9. The van der Waals surface area contributed by atoms with E-state index in [1.165, 1.54) is 17.0 Å². The number of anilines is 2. The van der Waals surface area contributed by atoms with Crippen LogP contribution in [0.4, 0.5) is 11.5 Å². The van der Waals surface area contributed by atoms with Crippen LogP contribution in [0.2, 0.25) is 0 Å². The van der Waals surface area contributed by atoms with Gasteiger partial charge in [-0.15, -0.1) is 0 Å². The third kappa shape index (κ3) is 5.71. The van der Waals surface area contributed by atoms with Crippen molar-refractivity contribution in [2.24, 2.45) is 0 Å². The number of likely N-dealkylation sites (tertiary alicyclic amines) is 1. The summed E-state index contributed by atoms with van der Waals surface area (Å²) in [6.45, 7) is 9.71. The number of aryl methyl sites for hydroxylation is 1. The first kappa shape index (κ1) is 28.4. The standard InChI is InChI=1S/C33H36N8O2/c1-4-30(42)41-17-16-40(21-26(41)10-13-34)32-27-11-15-39(29-20-35-19-24-8-5-7-23(2)31(24)29)22-28(27)36-33(37-32)43-18-12-25-9-6-14-38(25)3/h4-5,7-8,19-20,25-26H,1,6,9-11,14-17,21-22H2,2-3H3/t25-,26-/m0/s1. The van der Waals surface area contributed by atoms with Gasteiger partial charge >= 0.3 is 6.01 Å². The van der Waals surface area contributed by atoms with E-state index in [0.29, 0.717) is 26.2 Å². The van der Waals surface area contributed by atoms with Crippen LogP contribution >= 0.6 is 0 Å². The van der Waals surface area contributed by atoms with Crippen molar-refractivity contribution in [1.82, 2.24) is 24.8 Å². The lowest BCUT2D eigenvalue weighted by molar-refractivity contribution is -0.128. The van der Waals surface area contributed by atoms with Crippen molar-refractivity contribution in [3.05, 3.63) is 60.1 Å². The molecule has 0 unspecified atom stereocenters. The van der Waals surface area contributed by atoms with Gasteiger partial charge in [-0.25, -0.2) is 0 Å². The second kappa shape index (κ2) is 12.3. The van der Waals surface area contributed by atoms with E-state index in [-0.39, 0.29) is 30.4 Å².